The molecule has 0 aromatic rings. The maximum Gasteiger partial charge on any atom is 0.440 e. The molecule has 1 aliphatic carbocycles. The largest absolute Gasteiger partial charge is 0.612 e. The average Bonchev–Trinajstić information content (AvgIpc) is 2.44. The minimum atomic E-state index is -0.495. The van der Waals surface area contributed by atoms with Crippen LogP contribution in [-0.2, 0) is 8.54 Å². The highest BCUT2D eigenvalue weighted by atomic mass is 28.2. The van der Waals surface area contributed by atoms with Crippen LogP contribution >= 0.6 is 0 Å². The van der Waals surface area contributed by atoms with Crippen LogP contribution in [0, 0.1) is 10.1 Å². The van der Waals surface area contributed by atoms with E-state index in [0.717, 1.165) is 0 Å². The van der Waals surface area contributed by atoms with Crippen molar-refractivity contribution in [3.05, 3.63) is 45.9 Å². The van der Waals surface area contributed by atoms with Gasteiger partial charge in [-0.2, -0.15) is 0 Å². The molecule has 6 heteroatoms. The van der Waals surface area contributed by atoms with Gasteiger partial charge in [-0.1, -0.05) is 0 Å². The van der Waals surface area contributed by atoms with Crippen LogP contribution < -0.4 is 0 Å². The number of ketones is 1. The van der Waals surface area contributed by atoms with Crippen molar-refractivity contribution >= 4 is 15.8 Å². The van der Waals surface area contributed by atoms with Crippen LogP contribution in [0.5, 0.6) is 0 Å². The van der Waals surface area contributed by atoms with E-state index in [1.54, 1.807) is 12.2 Å². The lowest BCUT2D eigenvalue weighted by Gasteiger charge is -1.92. The Morgan fingerprint density at radius 1 is 1.46 bits per heavy atom. The standard InChI is InChI=1S/C7H5NO4Si/c9-8(10)5-1-3-6-7(4-2-5)12-13-11-6/h1-4,13H. The van der Waals surface area contributed by atoms with Gasteiger partial charge in [0.1, 0.15) is 0 Å². The van der Waals surface area contributed by atoms with E-state index in [-0.39, 0.29) is 5.70 Å². The molecule has 1 aliphatic heterocycles. The molecule has 2 rings (SSSR count). The van der Waals surface area contributed by atoms with E-state index in [1.165, 1.54) is 12.2 Å². The van der Waals surface area contributed by atoms with Crippen molar-refractivity contribution in [2.75, 3.05) is 0 Å². The zero-order valence-electron chi connectivity index (χ0n) is 6.47. The van der Waals surface area contributed by atoms with Crippen LogP contribution in [-0.4, -0.2) is 20.7 Å². The Morgan fingerprint density at radius 3 is 3.08 bits per heavy atom. The maximum absolute atomic E-state index is 10.4. The van der Waals surface area contributed by atoms with Gasteiger partial charge in [-0.15, -0.1) is 0 Å². The summed E-state index contributed by atoms with van der Waals surface area (Å²) < 4.78 is 10.3. The first kappa shape index (κ1) is 7.93. The predicted molar refractivity (Wildman–Crippen MR) is 45.5 cm³/mol. The van der Waals surface area contributed by atoms with Gasteiger partial charge in [0.25, 0.3) is 5.70 Å². The third kappa shape index (κ3) is 1.43. The van der Waals surface area contributed by atoms with Crippen molar-refractivity contribution < 1.29 is 13.5 Å². The minimum Gasteiger partial charge on any atom is -0.612 e. The Balaban J connectivity index is 2.37. The van der Waals surface area contributed by atoms with Crippen molar-refractivity contribution in [2.24, 2.45) is 0 Å². The number of hydrogen-bond donors (Lipinski definition) is 0. The first-order chi connectivity index (χ1) is 6.27. The molecular formula is C7H5NO4Si. The first-order valence-corrected chi connectivity index (χ1v) is 4.48. The Labute approximate surface area is 75.9 Å². The molecule has 0 saturated heterocycles. The van der Waals surface area contributed by atoms with Crippen LogP contribution in [0.3, 0.4) is 0 Å². The number of nitro groups is 1. The third-order valence-electron chi connectivity index (χ3n) is 1.61. The zero-order chi connectivity index (χ0) is 9.26. The fourth-order valence-electron chi connectivity index (χ4n) is 0.986. The van der Waals surface area contributed by atoms with Gasteiger partial charge in [0.15, 0.2) is 5.76 Å². The SMILES string of the molecule is O=[N+]([O-])C1=CC=C2O[SiH-][O+]=C2C=C1. The van der Waals surface area contributed by atoms with Gasteiger partial charge in [0.2, 0.25) is 0 Å². The molecule has 66 valence electrons. The lowest BCUT2D eigenvalue weighted by Crippen LogP contribution is -1.95. The van der Waals surface area contributed by atoms with Crippen molar-refractivity contribution in [1.82, 2.24) is 0 Å². The van der Waals surface area contributed by atoms with Gasteiger partial charge < -0.3 is 8.54 Å². The second-order valence-corrected chi connectivity index (χ2v) is 3.07. The second-order valence-electron chi connectivity index (χ2n) is 2.41. The van der Waals surface area contributed by atoms with Gasteiger partial charge in [0.05, 0.1) is 4.92 Å². The molecule has 0 N–H and O–H groups in total. The third-order valence-corrected chi connectivity index (χ3v) is 2.32. The molecule has 0 atom stereocenters. The van der Waals surface area contributed by atoms with Crippen LogP contribution in [0.1, 0.15) is 0 Å². The van der Waals surface area contributed by atoms with Crippen molar-refractivity contribution in [2.45, 2.75) is 0 Å². The Kier molecular flexibility index (Phi) is 1.82. The molecule has 5 nitrogen and oxygen atoms in total. The summed E-state index contributed by atoms with van der Waals surface area (Å²) in [6.45, 7) is 0. The molecule has 0 unspecified atom stereocenters. The first-order valence-electron chi connectivity index (χ1n) is 3.54. The van der Waals surface area contributed by atoms with E-state index in [9.17, 15) is 10.1 Å². The Hall–Kier alpha value is -1.69. The molecule has 0 fully saturated rings. The highest BCUT2D eigenvalue weighted by molar-refractivity contribution is 6.25. The normalized spacial score (nSPS) is 18.6. The van der Waals surface area contributed by atoms with Gasteiger partial charge in [-0.05, 0) is 6.08 Å². The van der Waals surface area contributed by atoms with Gasteiger partial charge in [0, 0.05) is 18.2 Å². The zero-order valence-corrected chi connectivity index (χ0v) is 7.62. The highest BCUT2D eigenvalue weighted by Gasteiger charge is 2.21. The molecule has 2 aliphatic rings. The number of hydrogen-bond acceptors (Lipinski definition) is 3. The van der Waals surface area contributed by atoms with E-state index in [4.69, 9.17) is 8.54 Å². The average molecular weight is 195 g/mol. The summed E-state index contributed by atoms with van der Waals surface area (Å²) in [5.41, 5.74) is 0.0246. The van der Waals surface area contributed by atoms with Gasteiger partial charge in [-0.25, -0.2) is 0 Å². The maximum atomic E-state index is 10.4. The fraction of sp³-hybridized carbons (Fsp3) is 0. The van der Waals surface area contributed by atoms with Crippen LogP contribution in [0.2, 0.25) is 0 Å². The Bertz CT molecular complexity index is 380. The summed E-state index contributed by atoms with van der Waals surface area (Å²) in [5.74, 6) is 1.14. The van der Waals surface area contributed by atoms with E-state index in [0.29, 0.717) is 11.5 Å². The minimum absolute atomic E-state index is 0.0246. The summed E-state index contributed by atoms with van der Waals surface area (Å²) in [7, 11) is -0.495. The number of carbonyl (C=O) groups excluding carboxylic acids is 1. The molecule has 0 aromatic carbocycles. The number of rotatable bonds is 1. The lowest BCUT2D eigenvalue weighted by molar-refractivity contribution is -0.419. The van der Waals surface area contributed by atoms with Gasteiger partial charge >= 0.3 is 15.8 Å². The number of nitrogens with zero attached hydrogens (tertiary/aromatic N) is 1. The summed E-state index contributed by atoms with van der Waals surface area (Å²) in [6, 6.07) is 0. The van der Waals surface area contributed by atoms with Crippen LogP contribution in [0.25, 0.3) is 0 Å². The molecular weight excluding hydrogens is 190 g/mol. The molecule has 13 heavy (non-hydrogen) atoms. The molecule has 0 bridgehead atoms. The van der Waals surface area contributed by atoms with E-state index >= 15 is 0 Å². The van der Waals surface area contributed by atoms with Crippen LogP contribution in [0.15, 0.2) is 35.8 Å². The molecule has 1 heterocycles. The summed E-state index contributed by atoms with van der Waals surface area (Å²) in [4.78, 5) is 9.94. The highest BCUT2D eigenvalue weighted by Crippen LogP contribution is 2.12. The van der Waals surface area contributed by atoms with Crippen molar-refractivity contribution in [3.8, 4) is 0 Å². The van der Waals surface area contributed by atoms with E-state index < -0.39 is 14.9 Å². The van der Waals surface area contributed by atoms with Crippen molar-refractivity contribution in [1.29, 1.82) is 0 Å². The summed E-state index contributed by atoms with van der Waals surface area (Å²) >= 11 is 0. The molecule has 0 radical (unpaired) electrons. The van der Waals surface area contributed by atoms with Crippen LogP contribution in [0.4, 0.5) is 0 Å². The number of fused-ring (bicyclic) bond motifs is 1. The Morgan fingerprint density at radius 2 is 2.31 bits per heavy atom. The number of allylic oxidation sites excluding steroid dienone is 4. The quantitative estimate of drug-likeness (QED) is 0.256. The smallest absolute Gasteiger partial charge is 0.440 e. The van der Waals surface area contributed by atoms with E-state index in [1.807, 2.05) is 0 Å². The summed E-state index contributed by atoms with van der Waals surface area (Å²) in [6.07, 6.45) is 5.89. The van der Waals surface area contributed by atoms with Gasteiger partial charge in [-0.3, -0.25) is 10.1 Å². The molecule has 0 amide bonds. The topological polar surface area (TPSA) is 63.7 Å². The molecule has 0 saturated carbocycles. The summed E-state index contributed by atoms with van der Waals surface area (Å²) in [5, 5.41) is 10.4. The van der Waals surface area contributed by atoms with E-state index in [2.05, 4.69) is 0 Å². The fourth-order valence-corrected chi connectivity index (χ4v) is 1.63. The second kappa shape index (κ2) is 2.98. The monoisotopic (exact) mass is 195 g/mol. The predicted octanol–water partition coefficient (Wildman–Crippen LogP) is 0.00220. The molecule has 0 spiro atoms. The molecule has 0 aromatic heterocycles. The lowest BCUT2D eigenvalue weighted by atomic mass is 10.3. The van der Waals surface area contributed by atoms with Crippen molar-refractivity contribution in [3.63, 3.8) is 0 Å².